The monoisotopic (exact) mass is 346 g/mol. The molecule has 0 radical (unpaired) electrons. The highest BCUT2D eigenvalue weighted by Gasteiger charge is 2.15. The van der Waals surface area contributed by atoms with Crippen molar-refractivity contribution in [1.29, 1.82) is 0 Å². The molecule has 118 valence electrons. The molecule has 0 fully saturated rings. The summed E-state index contributed by atoms with van der Waals surface area (Å²) in [5.41, 5.74) is 1.59. The normalized spacial score (nSPS) is 12.3. The second kappa shape index (κ2) is 6.56. The minimum Gasteiger partial charge on any atom is -0.349 e. The summed E-state index contributed by atoms with van der Waals surface area (Å²) in [4.78, 5) is 12.8. The lowest BCUT2D eigenvalue weighted by atomic mass is 10.2. The van der Waals surface area contributed by atoms with Gasteiger partial charge in [0.1, 0.15) is 5.75 Å². The van der Waals surface area contributed by atoms with Gasteiger partial charge in [-0.25, -0.2) is 0 Å². The molecule has 1 unspecified atom stereocenters. The molecule has 3 rings (SSSR count). The predicted octanol–water partition coefficient (Wildman–Crippen LogP) is 3.58. The standard InChI is InChI=1S/C17H15ClN2O2S/c1-20-10-16(14-7-2-3-8-15(14)20)23(22)11-17(21)19-13-6-4-5-12(18)9-13/h2-10H,11H2,1H3,(H,19,21). The van der Waals surface area contributed by atoms with Crippen molar-refractivity contribution in [2.45, 2.75) is 4.90 Å². The van der Waals surface area contributed by atoms with Crippen LogP contribution < -0.4 is 5.32 Å². The Labute approximate surface area is 141 Å². The van der Waals surface area contributed by atoms with E-state index in [1.54, 1.807) is 24.3 Å². The Morgan fingerprint density at radius 3 is 2.78 bits per heavy atom. The van der Waals surface area contributed by atoms with Crippen LogP contribution in [0.15, 0.2) is 59.6 Å². The topological polar surface area (TPSA) is 51.1 Å². The predicted molar refractivity (Wildman–Crippen MR) is 94.3 cm³/mol. The number of amides is 1. The van der Waals surface area contributed by atoms with Crippen molar-refractivity contribution in [2.75, 3.05) is 11.1 Å². The summed E-state index contributed by atoms with van der Waals surface area (Å²) in [6, 6.07) is 14.6. The molecule has 3 aromatic rings. The number of carbonyl (C=O) groups excluding carboxylic acids is 1. The number of nitrogens with one attached hydrogen (secondary N) is 1. The van der Waals surface area contributed by atoms with E-state index in [1.807, 2.05) is 42.1 Å². The van der Waals surface area contributed by atoms with Gasteiger partial charge in [-0.15, -0.1) is 0 Å². The van der Waals surface area contributed by atoms with Crippen LogP contribution in [0.3, 0.4) is 0 Å². The molecule has 1 atom stereocenters. The molecule has 1 amide bonds. The van der Waals surface area contributed by atoms with Crippen LogP contribution in [0.25, 0.3) is 10.9 Å². The fourth-order valence-electron chi connectivity index (χ4n) is 2.45. The Balaban J connectivity index is 1.77. The van der Waals surface area contributed by atoms with Gasteiger partial charge in [0.15, 0.2) is 0 Å². The van der Waals surface area contributed by atoms with Crippen molar-refractivity contribution in [3.8, 4) is 0 Å². The minimum absolute atomic E-state index is 0.0967. The fraction of sp³-hybridized carbons (Fsp3) is 0.118. The number of carbonyl (C=O) groups is 1. The summed E-state index contributed by atoms with van der Waals surface area (Å²) in [5, 5.41) is 4.16. The average Bonchev–Trinajstić information content (AvgIpc) is 2.85. The first-order chi connectivity index (χ1) is 11.0. The smallest absolute Gasteiger partial charge is 0.237 e. The van der Waals surface area contributed by atoms with Crippen molar-refractivity contribution in [1.82, 2.24) is 4.57 Å². The largest absolute Gasteiger partial charge is 0.349 e. The number of halogens is 1. The minimum atomic E-state index is -1.41. The number of nitrogens with zero attached hydrogens (tertiary/aromatic N) is 1. The number of aryl methyl sites for hydroxylation is 1. The molecule has 4 nitrogen and oxygen atoms in total. The zero-order valence-electron chi connectivity index (χ0n) is 12.5. The number of para-hydroxylation sites is 1. The van der Waals surface area contributed by atoms with E-state index in [2.05, 4.69) is 5.32 Å². The molecule has 23 heavy (non-hydrogen) atoms. The lowest BCUT2D eigenvalue weighted by Crippen LogP contribution is -2.19. The molecule has 0 aliphatic rings. The Kier molecular flexibility index (Phi) is 4.50. The number of rotatable bonds is 4. The lowest BCUT2D eigenvalue weighted by Gasteiger charge is -2.05. The fourth-order valence-corrected chi connectivity index (χ4v) is 3.80. The van der Waals surface area contributed by atoms with Gasteiger partial charge in [0.25, 0.3) is 0 Å². The van der Waals surface area contributed by atoms with Crippen molar-refractivity contribution in [3.63, 3.8) is 0 Å². The zero-order chi connectivity index (χ0) is 16.4. The van der Waals surface area contributed by atoms with Crippen molar-refractivity contribution < 1.29 is 9.00 Å². The molecule has 0 bridgehead atoms. The van der Waals surface area contributed by atoms with Gasteiger partial charge in [-0.1, -0.05) is 35.9 Å². The van der Waals surface area contributed by atoms with E-state index in [4.69, 9.17) is 11.6 Å². The Morgan fingerprint density at radius 2 is 2.00 bits per heavy atom. The number of fused-ring (bicyclic) bond motifs is 1. The van der Waals surface area contributed by atoms with Gasteiger partial charge >= 0.3 is 0 Å². The maximum Gasteiger partial charge on any atom is 0.237 e. The van der Waals surface area contributed by atoms with E-state index >= 15 is 0 Å². The van der Waals surface area contributed by atoms with Crippen molar-refractivity contribution in [2.24, 2.45) is 7.05 Å². The van der Waals surface area contributed by atoms with Crippen LogP contribution in [0.2, 0.25) is 5.02 Å². The van der Waals surface area contributed by atoms with Gasteiger partial charge in [0.2, 0.25) is 5.91 Å². The quantitative estimate of drug-likeness (QED) is 0.785. The Bertz CT molecular complexity index is 904. The molecule has 0 aliphatic heterocycles. The molecule has 0 saturated carbocycles. The molecule has 6 heteroatoms. The number of anilines is 1. The SMILES string of the molecule is Cn1cc(S(=O)CC(=O)Nc2cccc(Cl)c2)c2ccccc21. The van der Waals surface area contributed by atoms with E-state index in [-0.39, 0.29) is 11.7 Å². The third-order valence-corrected chi connectivity index (χ3v) is 5.05. The van der Waals surface area contributed by atoms with Gasteiger partial charge in [0.05, 0.1) is 15.7 Å². The van der Waals surface area contributed by atoms with Gasteiger partial charge < -0.3 is 9.88 Å². The summed E-state index contributed by atoms with van der Waals surface area (Å²) >= 11 is 5.88. The van der Waals surface area contributed by atoms with Crippen LogP contribution >= 0.6 is 11.6 Å². The van der Waals surface area contributed by atoms with Crippen LogP contribution in [0.4, 0.5) is 5.69 Å². The molecular weight excluding hydrogens is 332 g/mol. The summed E-state index contributed by atoms with van der Waals surface area (Å²) in [6.07, 6.45) is 1.81. The zero-order valence-corrected chi connectivity index (χ0v) is 14.0. The average molecular weight is 347 g/mol. The second-order valence-electron chi connectivity index (χ2n) is 5.17. The summed E-state index contributed by atoms with van der Waals surface area (Å²) in [7, 11) is 0.486. The van der Waals surface area contributed by atoms with E-state index < -0.39 is 10.8 Å². The van der Waals surface area contributed by atoms with Crippen LogP contribution in [0.1, 0.15) is 0 Å². The molecule has 1 heterocycles. The van der Waals surface area contributed by atoms with Crippen molar-refractivity contribution in [3.05, 3.63) is 59.8 Å². The van der Waals surface area contributed by atoms with Gasteiger partial charge in [-0.2, -0.15) is 0 Å². The number of hydrogen-bond donors (Lipinski definition) is 1. The van der Waals surface area contributed by atoms with Gasteiger partial charge in [-0.05, 0) is 24.3 Å². The summed E-state index contributed by atoms with van der Waals surface area (Å²) < 4.78 is 14.5. The lowest BCUT2D eigenvalue weighted by molar-refractivity contribution is -0.113. The van der Waals surface area contributed by atoms with E-state index in [0.29, 0.717) is 15.6 Å². The molecule has 1 N–H and O–H groups in total. The summed E-state index contributed by atoms with van der Waals surface area (Å²) in [6.45, 7) is 0. The molecule has 0 spiro atoms. The first kappa shape index (κ1) is 15.8. The van der Waals surface area contributed by atoms with Gasteiger partial charge in [-0.3, -0.25) is 9.00 Å². The second-order valence-corrected chi connectivity index (χ2v) is 7.03. The van der Waals surface area contributed by atoms with E-state index in [0.717, 1.165) is 10.9 Å². The van der Waals surface area contributed by atoms with E-state index in [9.17, 15) is 9.00 Å². The number of benzene rings is 2. The van der Waals surface area contributed by atoms with Crippen LogP contribution in [0, 0.1) is 0 Å². The Hall–Kier alpha value is -2.11. The van der Waals surface area contributed by atoms with Crippen molar-refractivity contribution >= 4 is 44.9 Å². The maximum absolute atomic E-state index is 12.6. The molecule has 2 aromatic carbocycles. The van der Waals surface area contributed by atoms with Crippen LogP contribution in [-0.2, 0) is 22.6 Å². The van der Waals surface area contributed by atoms with E-state index in [1.165, 1.54) is 0 Å². The highest BCUT2D eigenvalue weighted by Crippen LogP contribution is 2.23. The molecule has 1 aromatic heterocycles. The first-order valence-electron chi connectivity index (χ1n) is 7.02. The number of hydrogen-bond acceptors (Lipinski definition) is 2. The number of aromatic nitrogens is 1. The molecule has 0 aliphatic carbocycles. The third-order valence-electron chi connectivity index (χ3n) is 3.48. The van der Waals surface area contributed by atoms with Crippen LogP contribution in [-0.4, -0.2) is 20.4 Å². The molecule has 0 saturated heterocycles. The van der Waals surface area contributed by atoms with Crippen LogP contribution in [0.5, 0.6) is 0 Å². The first-order valence-corrected chi connectivity index (χ1v) is 8.72. The summed E-state index contributed by atoms with van der Waals surface area (Å²) in [5.74, 6) is -0.404. The van der Waals surface area contributed by atoms with Gasteiger partial charge in [0, 0.05) is 34.9 Å². The maximum atomic E-state index is 12.6. The Morgan fingerprint density at radius 1 is 1.22 bits per heavy atom. The third kappa shape index (κ3) is 3.46. The highest BCUT2D eigenvalue weighted by atomic mass is 35.5. The molecular formula is C17H15ClN2O2S. The highest BCUT2D eigenvalue weighted by molar-refractivity contribution is 7.86.